The SMILES string of the molecule is CS(=O)(=O)CCCNCCc1ccsc1. The van der Waals surface area contributed by atoms with Gasteiger partial charge in [-0.3, -0.25) is 0 Å². The summed E-state index contributed by atoms with van der Waals surface area (Å²) in [6.07, 6.45) is 2.99. The monoisotopic (exact) mass is 247 g/mol. The van der Waals surface area contributed by atoms with E-state index in [9.17, 15) is 8.42 Å². The molecule has 0 saturated carbocycles. The van der Waals surface area contributed by atoms with Gasteiger partial charge in [-0.15, -0.1) is 0 Å². The Bertz CT molecular complexity index is 357. The molecule has 1 aromatic rings. The van der Waals surface area contributed by atoms with Gasteiger partial charge in [0.2, 0.25) is 0 Å². The molecule has 0 aliphatic carbocycles. The highest BCUT2D eigenvalue weighted by Crippen LogP contribution is 2.05. The van der Waals surface area contributed by atoms with Crippen LogP contribution in [0.4, 0.5) is 0 Å². The molecule has 3 nitrogen and oxygen atoms in total. The fraction of sp³-hybridized carbons (Fsp3) is 0.600. The van der Waals surface area contributed by atoms with Crippen molar-refractivity contribution in [3.8, 4) is 0 Å². The van der Waals surface area contributed by atoms with E-state index < -0.39 is 9.84 Å². The number of nitrogens with one attached hydrogen (secondary N) is 1. The Balaban J connectivity index is 1.99. The molecular weight excluding hydrogens is 230 g/mol. The van der Waals surface area contributed by atoms with Crippen LogP contribution in [0.1, 0.15) is 12.0 Å². The van der Waals surface area contributed by atoms with Crippen molar-refractivity contribution in [2.24, 2.45) is 0 Å². The van der Waals surface area contributed by atoms with Crippen LogP contribution in [0.25, 0.3) is 0 Å². The molecule has 5 heteroatoms. The zero-order chi connectivity index (χ0) is 11.1. The Morgan fingerprint density at radius 1 is 1.40 bits per heavy atom. The minimum atomic E-state index is -2.79. The summed E-state index contributed by atoms with van der Waals surface area (Å²) in [4.78, 5) is 0. The summed E-state index contributed by atoms with van der Waals surface area (Å²) in [5.41, 5.74) is 1.34. The summed E-state index contributed by atoms with van der Waals surface area (Å²) >= 11 is 1.70. The van der Waals surface area contributed by atoms with Gasteiger partial charge in [0.05, 0.1) is 5.75 Å². The number of thiophene rings is 1. The fourth-order valence-electron chi connectivity index (χ4n) is 1.25. The number of rotatable bonds is 7. The van der Waals surface area contributed by atoms with Crippen molar-refractivity contribution in [1.29, 1.82) is 0 Å². The van der Waals surface area contributed by atoms with Crippen LogP contribution in [0.2, 0.25) is 0 Å². The minimum absolute atomic E-state index is 0.276. The highest BCUT2D eigenvalue weighted by molar-refractivity contribution is 7.90. The zero-order valence-corrected chi connectivity index (χ0v) is 10.5. The third-order valence-electron chi connectivity index (χ3n) is 2.04. The van der Waals surface area contributed by atoms with Gasteiger partial charge in [0.25, 0.3) is 0 Å². The molecule has 0 amide bonds. The largest absolute Gasteiger partial charge is 0.316 e. The zero-order valence-electron chi connectivity index (χ0n) is 8.90. The molecule has 0 bridgehead atoms. The van der Waals surface area contributed by atoms with Gasteiger partial charge in [-0.1, -0.05) is 0 Å². The van der Waals surface area contributed by atoms with Crippen LogP contribution in [0.3, 0.4) is 0 Å². The van der Waals surface area contributed by atoms with Crippen LogP contribution >= 0.6 is 11.3 Å². The Hall–Kier alpha value is -0.390. The average molecular weight is 247 g/mol. The Kier molecular flexibility index (Phi) is 5.28. The van der Waals surface area contributed by atoms with Crippen molar-refractivity contribution in [2.75, 3.05) is 25.1 Å². The maximum Gasteiger partial charge on any atom is 0.147 e. The van der Waals surface area contributed by atoms with Gasteiger partial charge in [-0.05, 0) is 48.3 Å². The molecule has 86 valence electrons. The van der Waals surface area contributed by atoms with E-state index in [1.54, 1.807) is 11.3 Å². The number of sulfone groups is 1. The standard InChI is InChI=1S/C10H17NO2S2/c1-15(12,13)8-2-5-11-6-3-10-4-7-14-9-10/h4,7,9,11H,2-3,5-6,8H2,1H3. The summed E-state index contributed by atoms with van der Waals surface area (Å²) < 4.78 is 21.6. The lowest BCUT2D eigenvalue weighted by Gasteiger charge is -2.02. The number of hydrogen-bond donors (Lipinski definition) is 1. The lowest BCUT2D eigenvalue weighted by atomic mass is 10.2. The van der Waals surface area contributed by atoms with E-state index in [0.717, 1.165) is 19.5 Å². The van der Waals surface area contributed by atoms with Gasteiger partial charge in [0.15, 0.2) is 0 Å². The van der Waals surface area contributed by atoms with E-state index in [1.807, 2.05) is 0 Å². The van der Waals surface area contributed by atoms with Crippen molar-refractivity contribution < 1.29 is 8.42 Å². The summed E-state index contributed by atoms with van der Waals surface area (Å²) in [6.45, 7) is 1.69. The highest BCUT2D eigenvalue weighted by Gasteiger charge is 2.00. The van der Waals surface area contributed by atoms with Crippen molar-refractivity contribution in [2.45, 2.75) is 12.8 Å². The maximum atomic E-state index is 10.8. The molecular formula is C10H17NO2S2. The first-order valence-corrected chi connectivity index (χ1v) is 7.98. The van der Waals surface area contributed by atoms with Gasteiger partial charge in [-0.2, -0.15) is 11.3 Å². The van der Waals surface area contributed by atoms with Crippen LogP contribution in [0.5, 0.6) is 0 Å². The van der Waals surface area contributed by atoms with Gasteiger partial charge in [0, 0.05) is 6.26 Å². The van der Waals surface area contributed by atoms with Crippen LogP contribution < -0.4 is 5.32 Å². The predicted octanol–water partition coefficient (Wildman–Crippen LogP) is 1.31. The average Bonchev–Trinajstić information content (AvgIpc) is 2.61. The molecule has 0 aromatic carbocycles. The van der Waals surface area contributed by atoms with Gasteiger partial charge in [-0.25, -0.2) is 8.42 Å². The summed E-state index contributed by atoms with van der Waals surface area (Å²) in [5, 5.41) is 7.44. The molecule has 0 saturated heterocycles. The van der Waals surface area contributed by atoms with Crippen LogP contribution in [0.15, 0.2) is 16.8 Å². The second-order valence-electron chi connectivity index (χ2n) is 3.62. The quantitative estimate of drug-likeness (QED) is 0.739. The first-order chi connectivity index (χ1) is 7.08. The van der Waals surface area contributed by atoms with E-state index in [4.69, 9.17) is 0 Å². The van der Waals surface area contributed by atoms with Crippen molar-refractivity contribution >= 4 is 21.2 Å². The van der Waals surface area contributed by atoms with Crippen molar-refractivity contribution in [1.82, 2.24) is 5.32 Å². The van der Waals surface area contributed by atoms with E-state index in [1.165, 1.54) is 11.8 Å². The Morgan fingerprint density at radius 2 is 2.20 bits per heavy atom. The molecule has 1 heterocycles. The van der Waals surface area contributed by atoms with Gasteiger partial charge in [0.1, 0.15) is 9.84 Å². The van der Waals surface area contributed by atoms with Crippen LogP contribution in [-0.4, -0.2) is 33.5 Å². The van der Waals surface area contributed by atoms with E-state index in [-0.39, 0.29) is 5.75 Å². The normalized spacial score (nSPS) is 11.8. The third kappa shape index (κ3) is 6.65. The van der Waals surface area contributed by atoms with Crippen LogP contribution in [-0.2, 0) is 16.3 Å². The summed E-state index contributed by atoms with van der Waals surface area (Å²) in [6, 6.07) is 2.11. The molecule has 1 rings (SSSR count). The van der Waals surface area contributed by atoms with Gasteiger partial charge < -0.3 is 5.32 Å². The topological polar surface area (TPSA) is 46.2 Å². The lowest BCUT2D eigenvalue weighted by molar-refractivity contribution is 0.594. The molecule has 0 aliphatic heterocycles. The van der Waals surface area contributed by atoms with Crippen LogP contribution in [0, 0.1) is 0 Å². The van der Waals surface area contributed by atoms with E-state index in [2.05, 4.69) is 22.1 Å². The Labute approximate surface area is 95.4 Å². The molecule has 0 unspecified atom stereocenters. The first-order valence-electron chi connectivity index (χ1n) is 4.97. The lowest BCUT2D eigenvalue weighted by Crippen LogP contribution is -2.20. The molecule has 0 radical (unpaired) electrons. The molecule has 15 heavy (non-hydrogen) atoms. The van der Waals surface area contributed by atoms with E-state index in [0.29, 0.717) is 6.42 Å². The van der Waals surface area contributed by atoms with Gasteiger partial charge >= 0.3 is 0 Å². The predicted molar refractivity (Wildman–Crippen MR) is 65.2 cm³/mol. The summed E-state index contributed by atoms with van der Waals surface area (Å²) in [5.74, 6) is 0.276. The fourth-order valence-corrected chi connectivity index (χ4v) is 2.62. The highest BCUT2D eigenvalue weighted by atomic mass is 32.2. The molecule has 0 fully saturated rings. The first kappa shape index (κ1) is 12.7. The summed E-state index contributed by atoms with van der Waals surface area (Å²) in [7, 11) is -2.79. The molecule has 0 spiro atoms. The Morgan fingerprint density at radius 3 is 2.80 bits per heavy atom. The third-order valence-corrected chi connectivity index (χ3v) is 3.80. The molecule has 0 atom stereocenters. The molecule has 0 aliphatic rings. The second kappa shape index (κ2) is 6.25. The van der Waals surface area contributed by atoms with E-state index >= 15 is 0 Å². The molecule has 1 aromatic heterocycles. The second-order valence-corrected chi connectivity index (χ2v) is 6.65. The smallest absolute Gasteiger partial charge is 0.147 e. The number of hydrogen-bond acceptors (Lipinski definition) is 4. The van der Waals surface area contributed by atoms with Crippen molar-refractivity contribution in [3.63, 3.8) is 0 Å². The maximum absolute atomic E-state index is 10.8. The molecule has 1 N–H and O–H groups in total. The minimum Gasteiger partial charge on any atom is -0.316 e. The van der Waals surface area contributed by atoms with Crippen molar-refractivity contribution in [3.05, 3.63) is 22.4 Å².